The van der Waals surface area contributed by atoms with Gasteiger partial charge in [0, 0.05) is 40.8 Å². The van der Waals surface area contributed by atoms with E-state index in [2.05, 4.69) is 0 Å². The van der Waals surface area contributed by atoms with Crippen LogP contribution in [0.3, 0.4) is 0 Å². The first-order chi connectivity index (χ1) is 32.8. The van der Waals surface area contributed by atoms with E-state index in [4.69, 9.17) is 34.7 Å². The van der Waals surface area contributed by atoms with Gasteiger partial charge in [0.2, 0.25) is 0 Å². The Labute approximate surface area is 412 Å². The number of para-hydroxylation sites is 2. The molecule has 24 heteroatoms. The van der Waals surface area contributed by atoms with Gasteiger partial charge < -0.3 is 29.5 Å². The second-order valence-electron chi connectivity index (χ2n) is 18.2. The normalized spacial score (nSPS) is 32.1. The number of amides is 4. The molecule has 6 heterocycles. The number of piperazine rings is 2. The number of likely N-dealkylation sites (N-methyl/N-ethyl adjacent to an activating group) is 2. The summed E-state index contributed by atoms with van der Waals surface area (Å²) in [5, 5.41) is 24.8. The number of sulfonamides is 2. The molecule has 2 N–H and O–H groups in total. The largest absolute Gasteiger partial charge is 0.460 e. The summed E-state index contributed by atoms with van der Waals surface area (Å²) in [6.07, 6.45) is -5.53. The van der Waals surface area contributed by atoms with Crippen LogP contribution in [0, 0.1) is 0 Å². The topological polar surface area (TPSA) is 249 Å². The van der Waals surface area contributed by atoms with Crippen LogP contribution in [-0.4, -0.2) is 143 Å². The predicted octanol–water partition coefficient (Wildman–Crippen LogP) is 1.10. The fourth-order valence-corrected chi connectivity index (χ4v) is 16.3. The summed E-state index contributed by atoms with van der Waals surface area (Å²) < 4.78 is 75.1. The molecular formula is C46H44N6O14S4. The highest BCUT2D eigenvalue weighted by Crippen LogP contribution is 2.76. The SMILES string of the molecule is CC(=O)OC[C@@]1(O)C(=O)N2[C@H]3N(S(=O)(=O)c4ccccc4)c4ccccc4[C@@]3([C@]34C[C@]5(S)C(=O)N(C)[C@@](O)(COC(C)=O)C(=O)N5[C@H]3N(S(=O)(=O)c3ccccc3)c3ccccc34)C[C@]2(S)C(=O)N1C. The molecule has 0 radical (unpaired) electrons. The van der Waals surface area contributed by atoms with Crippen LogP contribution >= 0.6 is 25.3 Å². The molecule has 0 aliphatic carbocycles. The van der Waals surface area contributed by atoms with E-state index < -0.39 is 126 Å². The highest BCUT2D eigenvalue weighted by atomic mass is 32.2. The fourth-order valence-electron chi connectivity index (χ4n) is 11.8. The highest BCUT2D eigenvalue weighted by Gasteiger charge is 2.87. The summed E-state index contributed by atoms with van der Waals surface area (Å²) in [6.45, 7) is -0.228. The third kappa shape index (κ3) is 5.67. The quantitative estimate of drug-likeness (QED) is 0.136. The zero-order valence-corrected chi connectivity index (χ0v) is 41.0. The Bertz CT molecular complexity index is 3010. The van der Waals surface area contributed by atoms with E-state index >= 15 is 36.0 Å². The maximum atomic E-state index is 15.7. The van der Waals surface area contributed by atoms with Crippen LogP contribution < -0.4 is 8.61 Å². The Balaban J connectivity index is 1.37. The number of rotatable bonds is 9. The first-order valence-electron chi connectivity index (χ1n) is 21.6. The number of fused-ring (bicyclic) bond motifs is 11. The van der Waals surface area contributed by atoms with Crippen LogP contribution in [0.5, 0.6) is 0 Å². The maximum Gasteiger partial charge on any atom is 0.302 e. The number of benzene rings is 4. The van der Waals surface area contributed by atoms with Gasteiger partial charge >= 0.3 is 11.9 Å². The lowest BCUT2D eigenvalue weighted by molar-refractivity contribution is -0.209. The van der Waals surface area contributed by atoms with Gasteiger partial charge in [-0.15, -0.1) is 25.3 Å². The number of aliphatic hydroxyl groups is 2. The summed E-state index contributed by atoms with van der Waals surface area (Å²) in [7, 11) is -7.76. The molecule has 4 saturated heterocycles. The molecule has 20 nitrogen and oxygen atoms in total. The molecule has 0 spiro atoms. The molecule has 0 aromatic heterocycles. The van der Waals surface area contributed by atoms with E-state index in [0.29, 0.717) is 9.80 Å². The molecular weight excluding hydrogens is 989 g/mol. The second kappa shape index (κ2) is 15.2. The Morgan fingerprint density at radius 2 is 0.871 bits per heavy atom. The molecule has 366 valence electrons. The smallest absolute Gasteiger partial charge is 0.302 e. The molecule has 0 unspecified atom stereocenters. The lowest BCUT2D eigenvalue weighted by Crippen LogP contribution is -2.77. The third-order valence-corrected chi connectivity index (χ3v) is 19.5. The van der Waals surface area contributed by atoms with Gasteiger partial charge in [-0.3, -0.25) is 38.6 Å². The number of thiol groups is 2. The van der Waals surface area contributed by atoms with Gasteiger partial charge in [-0.25, -0.2) is 25.4 Å². The van der Waals surface area contributed by atoms with Gasteiger partial charge in [-0.05, 0) is 47.5 Å². The molecule has 0 saturated carbocycles. The molecule has 4 aromatic carbocycles. The minimum absolute atomic E-state index is 0.0769. The van der Waals surface area contributed by atoms with Crippen molar-refractivity contribution in [2.24, 2.45) is 0 Å². The van der Waals surface area contributed by atoms with Crippen LogP contribution in [0.1, 0.15) is 37.8 Å². The number of carbonyl (C=O) groups excluding carboxylic acids is 6. The molecule has 6 aliphatic rings. The van der Waals surface area contributed by atoms with Crippen LogP contribution in [-0.2, 0) is 69.1 Å². The zero-order chi connectivity index (χ0) is 50.5. The number of nitrogens with zero attached hydrogens (tertiary/aromatic N) is 6. The number of esters is 2. The van der Waals surface area contributed by atoms with E-state index in [1.807, 2.05) is 0 Å². The van der Waals surface area contributed by atoms with E-state index in [9.17, 15) is 19.8 Å². The average Bonchev–Trinajstić information content (AvgIpc) is 3.99. The van der Waals surface area contributed by atoms with Crippen molar-refractivity contribution >= 4 is 92.2 Å². The van der Waals surface area contributed by atoms with Crippen molar-refractivity contribution < 1.29 is 65.3 Å². The standard InChI is InChI=1S/C46H44N6O14S4/c1-27(53)65-25-43(59)37(55)49-35-41(23-45(49,67)39(57)47(43)3,31-19-11-13-21-33(31)51(35)69(61,62)29-15-7-5-8-16-29)42-24-46(68)40(58)48(4)44(60,26-66-28(2)54)38(56)50(46)36(42)52(34-22-14-12-20-32(34)42)70(63,64)30-17-9-6-10-18-30/h5-22,35-36,59-60,67-68H,23-26H2,1-4H3/t35-,36-,41-,42-,43+,44+,45-,46-/m0/s1. The first kappa shape index (κ1) is 47.5. The Kier molecular flexibility index (Phi) is 10.3. The lowest BCUT2D eigenvalue weighted by Gasteiger charge is -2.52. The van der Waals surface area contributed by atoms with E-state index in [1.165, 1.54) is 84.9 Å². The number of ether oxygens (including phenoxy) is 2. The Morgan fingerprint density at radius 1 is 0.557 bits per heavy atom. The number of carbonyl (C=O) groups is 6. The monoisotopic (exact) mass is 1030 g/mol. The van der Waals surface area contributed by atoms with Gasteiger partial charge in [0.05, 0.1) is 32.0 Å². The Hall–Kier alpha value is -6.18. The number of hydrogen-bond acceptors (Lipinski definition) is 16. The number of hydrogen-bond donors (Lipinski definition) is 4. The van der Waals surface area contributed by atoms with E-state index in [-0.39, 0.29) is 32.3 Å². The molecule has 6 aliphatic heterocycles. The maximum absolute atomic E-state index is 15.7. The lowest BCUT2D eigenvalue weighted by atomic mass is 9.54. The zero-order valence-electron chi connectivity index (χ0n) is 37.6. The van der Waals surface area contributed by atoms with Crippen molar-refractivity contribution in [2.75, 3.05) is 35.9 Å². The Morgan fingerprint density at radius 3 is 1.20 bits per heavy atom. The predicted molar refractivity (Wildman–Crippen MR) is 251 cm³/mol. The second-order valence-corrected chi connectivity index (χ2v) is 23.3. The van der Waals surface area contributed by atoms with E-state index in [0.717, 1.165) is 46.4 Å². The molecule has 4 aromatic rings. The highest BCUT2D eigenvalue weighted by molar-refractivity contribution is 7.93. The molecule has 4 fully saturated rings. The third-order valence-electron chi connectivity index (χ3n) is 14.8. The molecule has 10 rings (SSSR count). The van der Waals surface area contributed by atoms with Crippen molar-refractivity contribution in [3.05, 3.63) is 120 Å². The minimum atomic E-state index is -4.95. The summed E-state index contributed by atoms with van der Waals surface area (Å²) >= 11 is 10.1. The summed E-state index contributed by atoms with van der Waals surface area (Å²) in [5.41, 5.74) is -10.5. The van der Waals surface area contributed by atoms with Crippen LogP contribution in [0.25, 0.3) is 0 Å². The minimum Gasteiger partial charge on any atom is -0.460 e. The van der Waals surface area contributed by atoms with Crippen molar-refractivity contribution in [3.8, 4) is 0 Å². The average molecular weight is 1030 g/mol. The van der Waals surface area contributed by atoms with Crippen molar-refractivity contribution in [1.82, 2.24) is 19.6 Å². The molecule has 70 heavy (non-hydrogen) atoms. The van der Waals surface area contributed by atoms with Gasteiger partial charge in [0.1, 0.15) is 25.5 Å². The molecule has 8 atom stereocenters. The van der Waals surface area contributed by atoms with Gasteiger partial charge in [-0.2, -0.15) is 0 Å². The van der Waals surface area contributed by atoms with Crippen LogP contribution in [0.2, 0.25) is 0 Å². The van der Waals surface area contributed by atoms with Gasteiger partial charge in [-0.1, -0.05) is 72.8 Å². The van der Waals surface area contributed by atoms with Crippen LogP contribution in [0.15, 0.2) is 119 Å². The van der Waals surface area contributed by atoms with Gasteiger partial charge in [0.25, 0.3) is 55.1 Å². The first-order valence-corrected chi connectivity index (χ1v) is 25.4. The van der Waals surface area contributed by atoms with Crippen molar-refractivity contribution in [2.45, 2.75) is 80.8 Å². The molecule has 4 amide bonds. The number of anilines is 2. The van der Waals surface area contributed by atoms with Crippen molar-refractivity contribution in [3.63, 3.8) is 0 Å². The fraction of sp³-hybridized carbons (Fsp3) is 0.348. The van der Waals surface area contributed by atoms with Crippen LogP contribution in [0.4, 0.5) is 11.4 Å². The molecule has 0 bridgehead atoms. The van der Waals surface area contributed by atoms with Crippen molar-refractivity contribution in [1.29, 1.82) is 0 Å². The van der Waals surface area contributed by atoms with E-state index in [1.54, 1.807) is 24.3 Å². The summed E-state index contributed by atoms with van der Waals surface area (Å²) in [6, 6.07) is 26.2. The summed E-state index contributed by atoms with van der Waals surface area (Å²) in [4.78, 5) is 84.0. The summed E-state index contributed by atoms with van der Waals surface area (Å²) in [5.74, 6) is -6.77. The van der Waals surface area contributed by atoms with Gasteiger partial charge in [0.15, 0.2) is 9.74 Å².